The number of carbonyl (C=O) groups is 1. The molecule has 146 valence electrons. The smallest absolute Gasteiger partial charge is 0.225 e. The van der Waals surface area contributed by atoms with Gasteiger partial charge in [0.15, 0.2) is 5.96 Å². The Bertz CT molecular complexity index is 610. The summed E-state index contributed by atoms with van der Waals surface area (Å²) in [7, 11) is 0. The number of aryl methyl sites for hydroxylation is 2. The van der Waals surface area contributed by atoms with E-state index in [4.69, 9.17) is 9.52 Å². The zero-order valence-corrected chi connectivity index (χ0v) is 17.0. The van der Waals surface area contributed by atoms with Gasteiger partial charge < -0.3 is 19.6 Å². The molecule has 0 saturated carbocycles. The second kappa shape index (κ2) is 9.05. The lowest BCUT2D eigenvalue weighted by Crippen LogP contribution is -2.54. The number of nitrogens with one attached hydrogen (secondary N) is 1. The van der Waals surface area contributed by atoms with Crippen LogP contribution in [0.5, 0.6) is 0 Å². The van der Waals surface area contributed by atoms with Crippen LogP contribution >= 0.6 is 0 Å². The topological polar surface area (TPSA) is 74.0 Å². The molecule has 1 atom stereocenters. The van der Waals surface area contributed by atoms with Crippen LogP contribution < -0.4 is 5.32 Å². The van der Waals surface area contributed by atoms with Crippen molar-refractivity contribution in [3.05, 3.63) is 17.0 Å². The Kier molecular flexibility index (Phi) is 7.06. The van der Waals surface area contributed by atoms with Crippen LogP contribution in [-0.4, -0.2) is 66.1 Å². The number of carbonyl (C=O) groups excluding carboxylic acids is 1. The number of guanidine groups is 1. The minimum atomic E-state index is 0.0550. The molecular weight excluding hydrogens is 330 g/mol. The summed E-state index contributed by atoms with van der Waals surface area (Å²) in [6.45, 7) is 16.7. The predicted octanol–water partition coefficient (Wildman–Crippen LogP) is 2.16. The maximum Gasteiger partial charge on any atom is 0.225 e. The molecule has 1 aliphatic rings. The molecule has 1 aromatic heterocycles. The summed E-state index contributed by atoms with van der Waals surface area (Å²) in [5, 5.41) is 7.42. The molecule has 1 aromatic rings. The van der Waals surface area contributed by atoms with E-state index in [1.165, 1.54) is 0 Å². The quantitative estimate of drug-likeness (QED) is 0.641. The second-order valence-electron chi connectivity index (χ2n) is 7.30. The second-order valence-corrected chi connectivity index (χ2v) is 7.30. The van der Waals surface area contributed by atoms with Gasteiger partial charge in [-0.25, -0.2) is 0 Å². The maximum absolute atomic E-state index is 12.2. The van der Waals surface area contributed by atoms with Crippen LogP contribution in [0, 0.1) is 19.8 Å². The Balaban J connectivity index is 2.00. The first-order chi connectivity index (χ1) is 12.3. The Morgan fingerprint density at radius 1 is 1.19 bits per heavy atom. The Morgan fingerprint density at radius 2 is 1.81 bits per heavy atom. The number of aliphatic imine (C=N–C) groups is 1. The minimum absolute atomic E-state index is 0.0550. The van der Waals surface area contributed by atoms with Crippen LogP contribution in [-0.2, 0) is 4.79 Å². The van der Waals surface area contributed by atoms with Crippen molar-refractivity contribution in [2.45, 2.75) is 47.5 Å². The molecule has 2 rings (SSSR count). The van der Waals surface area contributed by atoms with Crippen molar-refractivity contribution in [3.8, 4) is 0 Å². The van der Waals surface area contributed by atoms with E-state index in [0.717, 1.165) is 55.7 Å². The fourth-order valence-corrected chi connectivity index (χ4v) is 3.44. The molecule has 0 spiro atoms. The van der Waals surface area contributed by atoms with Gasteiger partial charge in [0.1, 0.15) is 5.76 Å². The Morgan fingerprint density at radius 3 is 2.31 bits per heavy atom. The third-order valence-electron chi connectivity index (χ3n) is 4.82. The molecule has 0 radical (unpaired) electrons. The lowest BCUT2D eigenvalue weighted by atomic mass is 10.00. The predicted molar refractivity (Wildman–Crippen MR) is 103 cm³/mol. The van der Waals surface area contributed by atoms with Crippen molar-refractivity contribution in [3.63, 3.8) is 0 Å². The van der Waals surface area contributed by atoms with E-state index in [9.17, 15) is 4.79 Å². The van der Waals surface area contributed by atoms with E-state index < -0.39 is 0 Å². The molecule has 1 aliphatic heterocycles. The van der Waals surface area contributed by atoms with E-state index in [1.54, 1.807) is 0 Å². The zero-order valence-electron chi connectivity index (χ0n) is 17.0. The molecule has 1 saturated heterocycles. The van der Waals surface area contributed by atoms with E-state index in [-0.39, 0.29) is 17.7 Å². The van der Waals surface area contributed by atoms with Crippen LogP contribution in [0.4, 0.5) is 0 Å². The molecule has 7 heteroatoms. The third kappa shape index (κ3) is 4.77. The van der Waals surface area contributed by atoms with Gasteiger partial charge in [0, 0.05) is 56.7 Å². The number of rotatable bonds is 5. The van der Waals surface area contributed by atoms with Gasteiger partial charge in [-0.3, -0.25) is 9.79 Å². The van der Waals surface area contributed by atoms with E-state index in [2.05, 4.69) is 29.2 Å². The average molecular weight is 364 g/mol. The Labute approximate surface area is 156 Å². The first-order valence-electron chi connectivity index (χ1n) is 9.59. The molecule has 1 fully saturated rings. The number of nitrogens with zero attached hydrogens (tertiary/aromatic N) is 4. The fraction of sp³-hybridized carbons (Fsp3) is 0.737. The van der Waals surface area contributed by atoms with Crippen LogP contribution in [0.1, 0.15) is 50.6 Å². The van der Waals surface area contributed by atoms with Crippen molar-refractivity contribution < 1.29 is 9.32 Å². The highest BCUT2D eigenvalue weighted by atomic mass is 16.5. The highest BCUT2D eigenvalue weighted by molar-refractivity contribution is 5.81. The number of piperazine rings is 1. The van der Waals surface area contributed by atoms with Gasteiger partial charge in [0.2, 0.25) is 5.91 Å². The maximum atomic E-state index is 12.2. The number of hydrogen-bond acceptors (Lipinski definition) is 4. The largest absolute Gasteiger partial charge is 0.361 e. The molecule has 1 amide bonds. The molecule has 1 N–H and O–H groups in total. The third-order valence-corrected chi connectivity index (χ3v) is 4.82. The summed E-state index contributed by atoms with van der Waals surface area (Å²) in [5.41, 5.74) is 2.09. The molecule has 26 heavy (non-hydrogen) atoms. The molecule has 7 nitrogen and oxygen atoms in total. The van der Waals surface area contributed by atoms with Gasteiger partial charge in [-0.2, -0.15) is 0 Å². The van der Waals surface area contributed by atoms with Crippen molar-refractivity contribution >= 4 is 11.9 Å². The molecule has 0 aromatic carbocycles. The summed E-state index contributed by atoms with van der Waals surface area (Å²) in [4.78, 5) is 21.2. The monoisotopic (exact) mass is 363 g/mol. The van der Waals surface area contributed by atoms with Crippen molar-refractivity contribution in [1.29, 1.82) is 0 Å². The highest BCUT2D eigenvalue weighted by Crippen LogP contribution is 2.23. The lowest BCUT2D eigenvalue weighted by molar-refractivity contribution is -0.135. The normalized spacial score (nSPS) is 17.0. The van der Waals surface area contributed by atoms with Gasteiger partial charge in [-0.15, -0.1) is 0 Å². The average Bonchev–Trinajstić information content (AvgIpc) is 2.96. The summed E-state index contributed by atoms with van der Waals surface area (Å²) < 4.78 is 5.28. The van der Waals surface area contributed by atoms with E-state index in [1.807, 2.05) is 32.6 Å². The first-order valence-corrected chi connectivity index (χ1v) is 9.59. The summed E-state index contributed by atoms with van der Waals surface area (Å²) in [6.07, 6.45) is 0. The van der Waals surface area contributed by atoms with Gasteiger partial charge in [-0.1, -0.05) is 25.9 Å². The molecule has 0 aliphatic carbocycles. The van der Waals surface area contributed by atoms with Gasteiger partial charge >= 0.3 is 0 Å². The van der Waals surface area contributed by atoms with Crippen molar-refractivity contribution in [2.75, 3.05) is 39.3 Å². The number of hydrogen-bond donors (Lipinski definition) is 1. The van der Waals surface area contributed by atoms with Crippen LogP contribution in [0.15, 0.2) is 9.52 Å². The standard InChI is InChI=1S/C19H33N5O2/c1-7-20-19(21-12-14(4)17-15(5)22-26-16(17)6)24-10-8-23(9-11-24)18(25)13(2)3/h13-14H,7-12H2,1-6H3,(H,20,21). The summed E-state index contributed by atoms with van der Waals surface area (Å²) in [6, 6.07) is 0. The van der Waals surface area contributed by atoms with E-state index in [0.29, 0.717) is 6.54 Å². The van der Waals surface area contributed by atoms with E-state index >= 15 is 0 Å². The van der Waals surface area contributed by atoms with Gasteiger partial charge in [-0.05, 0) is 20.8 Å². The number of aromatic nitrogens is 1. The zero-order chi connectivity index (χ0) is 19.3. The molecular formula is C19H33N5O2. The van der Waals surface area contributed by atoms with Gasteiger partial charge in [0.05, 0.1) is 5.69 Å². The summed E-state index contributed by atoms with van der Waals surface area (Å²) in [5.74, 6) is 2.33. The van der Waals surface area contributed by atoms with Crippen molar-refractivity contribution in [2.24, 2.45) is 10.9 Å². The van der Waals surface area contributed by atoms with Gasteiger partial charge in [0.25, 0.3) is 0 Å². The van der Waals surface area contributed by atoms with Crippen LogP contribution in [0.2, 0.25) is 0 Å². The van der Waals surface area contributed by atoms with Crippen LogP contribution in [0.3, 0.4) is 0 Å². The van der Waals surface area contributed by atoms with Crippen LogP contribution in [0.25, 0.3) is 0 Å². The molecule has 1 unspecified atom stereocenters. The molecule has 2 heterocycles. The first kappa shape index (κ1) is 20.3. The number of amides is 1. The summed E-state index contributed by atoms with van der Waals surface area (Å²) >= 11 is 0. The molecule has 0 bridgehead atoms. The minimum Gasteiger partial charge on any atom is -0.361 e. The van der Waals surface area contributed by atoms with Crippen molar-refractivity contribution in [1.82, 2.24) is 20.3 Å². The Hall–Kier alpha value is -2.05. The highest BCUT2D eigenvalue weighted by Gasteiger charge is 2.24. The lowest BCUT2D eigenvalue weighted by Gasteiger charge is -2.37. The fourth-order valence-electron chi connectivity index (χ4n) is 3.44. The SMILES string of the molecule is CCNC(=NCC(C)c1c(C)noc1C)N1CCN(C(=O)C(C)C)CC1.